The molecule has 1 aliphatic rings. The van der Waals surface area contributed by atoms with Crippen molar-refractivity contribution < 1.29 is 9.59 Å². The third kappa shape index (κ3) is 3.78. The quantitative estimate of drug-likeness (QED) is 0.790. The number of aryl methyl sites for hydroxylation is 1. The maximum absolute atomic E-state index is 11.5. The second-order valence-electron chi connectivity index (χ2n) is 4.72. The summed E-state index contributed by atoms with van der Waals surface area (Å²) in [6, 6.07) is 0. The van der Waals surface area contributed by atoms with E-state index in [1.54, 1.807) is 5.01 Å². The third-order valence-electron chi connectivity index (χ3n) is 2.90. The van der Waals surface area contributed by atoms with Gasteiger partial charge in [0.25, 0.3) is 0 Å². The van der Waals surface area contributed by atoms with Gasteiger partial charge in [-0.25, -0.2) is 4.98 Å². The molecule has 0 atom stereocenters. The summed E-state index contributed by atoms with van der Waals surface area (Å²) in [6.45, 7) is 5.30. The van der Waals surface area contributed by atoms with Crippen molar-refractivity contribution in [2.24, 2.45) is 5.10 Å². The molecule has 112 valence electrons. The number of rotatable bonds is 6. The normalized spacial score (nSPS) is 13.1. The maximum atomic E-state index is 11.5. The molecule has 2 N–H and O–H groups in total. The number of anilines is 2. The van der Waals surface area contributed by atoms with Crippen molar-refractivity contribution in [3.63, 3.8) is 0 Å². The second kappa shape index (κ2) is 6.21. The molecule has 0 aliphatic carbocycles. The number of carbonyl (C=O) groups excluding carboxylic acids is 2. The van der Waals surface area contributed by atoms with Gasteiger partial charge in [0, 0.05) is 11.3 Å². The Morgan fingerprint density at radius 1 is 1.33 bits per heavy atom. The summed E-state index contributed by atoms with van der Waals surface area (Å²) in [6.07, 6.45) is 0.745. The van der Waals surface area contributed by atoms with E-state index in [9.17, 15) is 9.59 Å². The minimum Gasteiger partial charge on any atom is -0.368 e. The number of thioether (sulfide) groups is 1. The Balaban J connectivity index is 1.98. The minimum absolute atomic E-state index is 0.0277. The van der Waals surface area contributed by atoms with Crippen molar-refractivity contribution in [2.45, 2.75) is 33.6 Å². The summed E-state index contributed by atoms with van der Waals surface area (Å²) in [5, 5.41) is 6.57. The van der Waals surface area contributed by atoms with Crippen LogP contribution >= 0.6 is 11.8 Å². The Labute approximate surface area is 127 Å². The lowest BCUT2D eigenvalue weighted by atomic mass is 10.2. The number of nitrogens with zero attached hydrogens (tertiary/aromatic N) is 4. The number of hydrazone groups is 1. The molecule has 1 aliphatic heterocycles. The topological polar surface area (TPSA) is 101 Å². The largest absolute Gasteiger partial charge is 0.368 e. The highest BCUT2D eigenvalue weighted by molar-refractivity contribution is 8.15. The van der Waals surface area contributed by atoms with Gasteiger partial charge in [0.05, 0.1) is 12.2 Å². The summed E-state index contributed by atoms with van der Waals surface area (Å²) < 4.78 is 0. The van der Waals surface area contributed by atoms with E-state index in [-0.39, 0.29) is 29.7 Å². The van der Waals surface area contributed by atoms with E-state index >= 15 is 0 Å². The molecule has 0 spiro atoms. The highest BCUT2D eigenvalue weighted by atomic mass is 32.2. The Morgan fingerprint density at radius 3 is 2.67 bits per heavy atom. The molecule has 2 rings (SSSR count). The van der Waals surface area contributed by atoms with Gasteiger partial charge in [0.2, 0.25) is 11.1 Å². The van der Waals surface area contributed by atoms with Gasteiger partial charge >= 0.3 is 0 Å². The van der Waals surface area contributed by atoms with Gasteiger partial charge in [-0.1, -0.05) is 18.7 Å². The summed E-state index contributed by atoms with van der Waals surface area (Å²) in [4.78, 5) is 30.7. The molecule has 1 aromatic rings. The maximum Gasteiger partial charge on any atom is 0.222 e. The Morgan fingerprint density at radius 2 is 2.05 bits per heavy atom. The van der Waals surface area contributed by atoms with Gasteiger partial charge in [0.15, 0.2) is 11.6 Å². The Kier molecular flexibility index (Phi) is 4.56. The highest BCUT2D eigenvalue weighted by Gasteiger charge is 2.31. The summed E-state index contributed by atoms with van der Waals surface area (Å²) in [5.74, 6) is 0.886. The van der Waals surface area contributed by atoms with Crippen LogP contribution in [0.15, 0.2) is 5.10 Å². The van der Waals surface area contributed by atoms with Crippen LogP contribution in [0.1, 0.15) is 31.5 Å². The predicted molar refractivity (Wildman–Crippen MR) is 83.2 cm³/mol. The van der Waals surface area contributed by atoms with Crippen molar-refractivity contribution in [1.29, 1.82) is 0 Å². The van der Waals surface area contributed by atoms with Crippen LogP contribution in [0.25, 0.3) is 0 Å². The molecule has 0 amide bonds. The number of nitrogens with two attached hydrogens (primary N) is 1. The highest BCUT2D eigenvalue weighted by Crippen LogP contribution is 2.32. The molecule has 0 saturated heterocycles. The molecule has 0 aromatic carbocycles. The van der Waals surface area contributed by atoms with Crippen molar-refractivity contribution >= 4 is 40.3 Å². The van der Waals surface area contributed by atoms with Crippen LogP contribution in [0.4, 0.5) is 11.8 Å². The van der Waals surface area contributed by atoms with E-state index < -0.39 is 0 Å². The van der Waals surface area contributed by atoms with Crippen molar-refractivity contribution in [2.75, 3.05) is 16.5 Å². The third-order valence-corrected chi connectivity index (χ3v) is 3.88. The zero-order valence-electron chi connectivity index (χ0n) is 12.2. The number of carbonyl (C=O) groups is 2. The van der Waals surface area contributed by atoms with Crippen LogP contribution in [0, 0.1) is 6.92 Å². The molecular weight excluding hydrogens is 290 g/mol. The first kappa shape index (κ1) is 15.4. The SMILES string of the molecule is CCc1c(C)nc(N)nc1N1N=C1SCC(=O)CC(C)=O. The van der Waals surface area contributed by atoms with E-state index in [4.69, 9.17) is 5.73 Å². The van der Waals surface area contributed by atoms with Gasteiger partial charge < -0.3 is 5.73 Å². The van der Waals surface area contributed by atoms with Crippen LogP contribution in [0.2, 0.25) is 0 Å². The van der Waals surface area contributed by atoms with Crippen molar-refractivity contribution in [3.8, 4) is 0 Å². The Hall–Kier alpha value is -1.96. The number of hydrogen-bond acceptors (Lipinski definition) is 8. The number of amidine groups is 1. The number of hydrogen-bond donors (Lipinski definition) is 1. The van der Waals surface area contributed by atoms with E-state index in [1.165, 1.54) is 18.7 Å². The first-order chi connectivity index (χ1) is 9.92. The lowest BCUT2D eigenvalue weighted by Gasteiger charge is -2.10. The van der Waals surface area contributed by atoms with Gasteiger partial charge in [-0.15, -0.1) is 5.10 Å². The number of ketones is 2. The van der Waals surface area contributed by atoms with Gasteiger partial charge in [-0.2, -0.15) is 9.99 Å². The fraction of sp³-hybridized carbons (Fsp3) is 0.462. The zero-order valence-corrected chi connectivity index (χ0v) is 13.0. The van der Waals surface area contributed by atoms with E-state index in [0.717, 1.165) is 17.7 Å². The molecule has 21 heavy (non-hydrogen) atoms. The molecular formula is C13H17N5O2S. The number of nitrogen functional groups attached to an aromatic ring is 1. The molecule has 0 radical (unpaired) electrons. The monoisotopic (exact) mass is 307 g/mol. The van der Waals surface area contributed by atoms with Gasteiger partial charge in [0.1, 0.15) is 5.78 Å². The Bertz CT molecular complexity index is 629. The van der Waals surface area contributed by atoms with Gasteiger partial charge in [-0.3, -0.25) is 9.59 Å². The second-order valence-corrected chi connectivity index (χ2v) is 5.67. The fourth-order valence-electron chi connectivity index (χ4n) is 1.96. The first-order valence-corrected chi connectivity index (χ1v) is 7.56. The van der Waals surface area contributed by atoms with Gasteiger partial charge in [-0.05, 0) is 20.3 Å². The lowest BCUT2D eigenvalue weighted by Crippen LogP contribution is -2.13. The minimum atomic E-state index is -0.123. The number of Topliss-reactive ketones (excluding diaryl/α,β-unsaturated/α-hetero) is 2. The molecule has 0 unspecified atom stereocenters. The zero-order chi connectivity index (χ0) is 15.6. The average Bonchev–Trinajstić information content (AvgIpc) is 3.14. The van der Waals surface area contributed by atoms with Crippen molar-refractivity contribution in [3.05, 3.63) is 11.3 Å². The molecule has 8 heteroatoms. The molecule has 1 aromatic heterocycles. The predicted octanol–water partition coefficient (Wildman–Crippen LogP) is 1.30. The lowest BCUT2D eigenvalue weighted by molar-refractivity contribution is -0.124. The van der Waals surface area contributed by atoms with Crippen molar-refractivity contribution in [1.82, 2.24) is 9.97 Å². The fourth-order valence-corrected chi connectivity index (χ4v) is 2.70. The van der Waals surface area contributed by atoms with Crippen LogP contribution in [-0.4, -0.2) is 32.5 Å². The van der Waals surface area contributed by atoms with E-state index in [2.05, 4.69) is 15.1 Å². The average molecular weight is 307 g/mol. The van der Waals surface area contributed by atoms with E-state index in [0.29, 0.717) is 11.0 Å². The van der Waals surface area contributed by atoms with E-state index in [1.807, 2.05) is 13.8 Å². The van der Waals surface area contributed by atoms with Crippen LogP contribution < -0.4 is 10.7 Å². The van der Waals surface area contributed by atoms with Crippen LogP contribution in [-0.2, 0) is 16.0 Å². The van der Waals surface area contributed by atoms with Crippen LogP contribution in [0.3, 0.4) is 0 Å². The number of aromatic nitrogens is 2. The molecule has 7 nitrogen and oxygen atoms in total. The summed E-state index contributed by atoms with van der Waals surface area (Å²) in [5.41, 5.74) is 7.49. The molecule has 2 heterocycles. The molecule has 0 bridgehead atoms. The smallest absolute Gasteiger partial charge is 0.222 e. The first-order valence-electron chi connectivity index (χ1n) is 6.58. The summed E-state index contributed by atoms with van der Waals surface area (Å²) >= 11 is 1.30. The molecule has 0 fully saturated rings. The molecule has 0 saturated carbocycles. The standard InChI is InChI=1S/C13H17N5O2S/c1-4-10-8(3)15-12(14)16-11(10)18-13(17-18)21-6-9(20)5-7(2)19/h4-6H2,1-3H3,(H2,14,15,16). The van der Waals surface area contributed by atoms with Crippen LogP contribution in [0.5, 0.6) is 0 Å². The summed E-state index contributed by atoms with van der Waals surface area (Å²) in [7, 11) is 0.